The lowest BCUT2D eigenvalue weighted by molar-refractivity contribution is -0.132. The number of rotatable bonds is 1. The molecule has 0 saturated carbocycles. The van der Waals surface area contributed by atoms with E-state index in [1.54, 1.807) is 0 Å². The average Bonchev–Trinajstić information content (AvgIpc) is 2.17. The molecule has 0 aliphatic heterocycles. The summed E-state index contributed by atoms with van der Waals surface area (Å²) in [6.07, 6.45) is 9.86. The van der Waals surface area contributed by atoms with Crippen LogP contribution < -0.4 is 0 Å². The fourth-order valence-electron chi connectivity index (χ4n) is 1.95. The molecule has 0 aromatic carbocycles. The molecule has 0 radical (unpaired) electrons. The van der Waals surface area contributed by atoms with E-state index in [9.17, 15) is 4.79 Å². The minimum absolute atomic E-state index is 0.497. The Hall–Kier alpha value is -1.31. The van der Waals surface area contributed by atoms with Crippen molar-refractivity contribution in [2.24, 2.45) is 0 Å². The fourth-order valence-corrected chi connectivity index (χ4v) is 1.95. The summed E-state index contributed by atoms with van der Waals surface area (Å²) in [4.78, 5) is 10.9. The van der Waals surface area contributed by atoms with Crippen molar-refractivity contribution in [3.8, 4) is 0 Å². The standard InChI is InChI=1S/C11H12O2/c12-11(13)10-7-3-5-8-4-1-2-6-9(8)10/h2,6-7H,1,3-5H2,(H,12,13). The van der Waals surface area contributed by atoms with E-state index in [0.717, 1.165) is 31.3 Å². The Morgan fingerprint density at radius 2 is 2.08 bits per heavy atom. The van der Waals surface area contributed by atoms with Crippen LogP contribution in [0.15, 0.2) is 34.9 Å². The SMILES string of the molecule is O=C(O)C1=CCCC2=C1C=CCC2. The third-order valence-electron chi connectivity index (χ3n) is 2.59. The number of carboxylic acid groups (broad SMARTS) is 1. The molecule has 0 aromatic rings. The van der Waals surface area contributed by atoms with Gasteiger partial charge in [0.1, 0.15) is 0 Å². The molecule has 2 heteroatoms. The van der Waals surface area contributed by atoms with Gasteiger partial charge in [-0.2, -0.15) is 0 Å². The smallest absolute Gasteiger partial charge is 0.335 e. The first-order chi connectivity index (χ1) is 6.29. The molecule has 0 heterocycles. The van der Waals surface area contributed by atoms with Crippen LogP contribution in [-0.2, 0) is 4.79 Å². The Morgan fingerprint density at radius 3 is 2.85 bits per heavy atom. The molecule has 2 aliphatic carbocycles. The molecule has 2 rings (SSSR count). The molecule has 0 amide bonds. The van der Waals surface area contributed by atoms with Gasteiger partial charge in [-0.15, -0.1) is 0 Å². The maximum absolute atomic E-state index is 10.9. The van der Waals surface area contributed by atoms with Gasteiger partial charge >= 0.3 is 5.97 Å². The molecule has 0 bridgehead atoms. The van der Waals surface area contributed by atoms with E-state index in [0.29, 0.717) is 5.57 Å². The Morgan fingerprint density at radius 1 is 1.31 bits per heavy atom. The molecule has 2 aliphatic rings. The molecule has 0 fully saturated rings. The molecule has 68 valence electrons. The van der Waals surface area contributed by atoms with Crippen LogP contribution >= 0.6 is 0 Å². The molecule has 13 heavy (non-hydrogen) atoms. The summed E-state index contributed by atoms with van der Waals surface area (Å²) in [6, 6.07) is 0. The second kappa shape index (κ2) is 3.21. The number of aliphatic carboxylic acids is 1. The number of carboxylic acids is 1. The molecular weight excluding hydrogens is 164 g/mol. The first-order valence-electron chi connectivity index (χ1n) is 4.61. The van der Waals surface area contributed by atoms with Crippen LogP contribution in [-0.4, -0.2) is 11.1 Å². The molecule has 0 atom stereocenters. The van der Waals surface area contributed by atoms with Crippen molar-refractivity contribution in [2.75, 3.05) is 0 Å². The topological polar surface area (TPSA) is 37.3 Å². The van der Waals surface area contributed by atoms with Gasteiger partial charge in [0.25, 0.3) is 0 Å². The van der Waals surface area contributed by atoms with Crippen molar-refractivity contribution in [1.29, 1.82) is 0 Å². The Bertz CT molecular complexity index is 328. The van der Waals surface area contributed by atoms with Gasteiger partial charge in [0.15, 0.2) is 0 Å². The maximum atomic E-state index is 10.9. The van der Waals surface area contributed by atoms with Crippen molar-refractivity contribution in [1.82, 2.24) is 0 Å². The molecule has 2 nitrogen and oxygen atoms in total. The highest BCUT2D eigenvalue weighted by atomic mass is 16.4. The second-order valence-corrected chi connectivity index (χ2v) is 3.42. The second-order valence-electron chi connectivity index (χ2n) is 3.42. The highest BCUT2D eigenvalue weighted by Crippen LogP contribution is 2.32. The van der Waals surface area contributed by atoms with E-state index in [1.165, 1.54) is 5.57 Å². The van der Waals surface area contributed by atoms with Crippen LogP contribution in [0.3, 0.4) is 0 Å². The summed E-state index contributed by atoms with van der Waals surface area (Å²) in [5.74, 6) is -0.793. The van der Waals surface area contributed by atoms with E-state index < -0.39 is 5.97 Å². The lowest BCUT2D eigenvalue weighted by Gasteiger charge is -2.20. The summed E-state index contributed by atoms with van der Waals surface area (Å²) < 4.78 is 0. The highest BCUT2D eigenvalue weighted by molar-refractivity contribution is 5.93. The zero-order valence-corrected chi connectivity index (χ0v) is 7.42. The van der Waals surface area contributed by atoms with Crippen LogP contribution in [0, 0.1) is 0 Å². The lowest BCUT2D eigenvalue weighted by Crippen LogP contribution is -2.10. The number of carbonyl (C=O) groups is 1. The molecule has 0 saturated heterocycles. The first kappa shape index (κ1) is 8.30. The summed E-state index contributed by atoms with van der Waals surface area (Å²) in [7, 11) is 0. The zero-order valence-electron chi connectivity index (χ0n) is 7.42. The van der Waals surface area contributed by atoms with Gasteiger partial charge in [0.2, 0.25) is 0 Å². The normalized spacial score (nSPS) is 21.1. The summed E-state index contributed by atoms with van der Waals surface area (Å²) in [5, 5.41) is 8.94. The van der Waals surface area contributed by atoms with Gasteiger partial charge in [-0.05, 0) is 31.3 Å². The van der Waals surface area contributed by atoms with Crippen LogP contribution in [0.5, 0.6) is 0 Å². The van der Waals surface area contributed by atoms with Crippen molar-refractivity contribution in [3.05, 3.63) is 34.9 Å². The molecule has 0 unspecified atom stereocenters. The Labute approximate surface area is 77.3 Å². The zero-order chi connectivity index (χ0) is 9.26. The van der Waals surface area contributed by atoms with Crippen LogP contribution in [0.1, 0.15) is 25.7 Å². The quantitative estimate of drug-likeness (QED) is 0.666. The predicted molar refractivity (Wildman–Crippen MR) is 50.4 cm³/mol. The Kier molecular flexibility index (Phi) is 2.05. The van der Waals surface area contributed by atoms with E-state index in [1.807, 2.05) is 12.2 Å². The van der Waals surface area contributed by atoms with Gasteiger partial charge in [-0.1, -0.05) is 23.8 Å². The molecule has 0 aromatic heterocycles. The van der Waals surface area contributed by atoms with Crippen molar-refractivity contribution in [2.45, 2.75) is 25.7 Å². The van der Waals surface area contributed by atoms with Crippen molar-refractivity contribution in [3.63, 3.8) is 0 Å². The van der Waals surface area contributed by atoms with Crippen LogP contribution in [0.2, 0.25) is 0 Å². The third kappa shape index (κ3) is 1.44. The first-order valence-corrected chi connectivity index (χ1v) is 4.61. The molecular formula is C11H12O2. The average molecular weight is 176 g/mol. The van der Waals surface area contributed by atoms with E-state index >= 15 is 0 Å². The summed E-state index contributed by atoms with van der Waals surface area (Å²) >= 11 is 0. The minimum atomic E-state index is -0.793. The van der Waals surface area contributed by atoms with Crippen LogP contribution in [0.4, 0.5) is 0 Å². The number of hydrogen-bond donors (Lipinski definition) is 1. The van der Waals surface area contributed by atoms with Crippen LogP contribution in [0.25, 0.3) is 0 Å². The fraction of sp³-hybridized carbons (Fsp3) is 0.364. The lowest BCUT2D eigenvalue weighted by atomic mass is 9.85. The Balaban J connectivity index is 2.39. The molecule has 1 N–H and O–H groups in total. The monoisotopic (exact) mass is 176 g/mol. The summed E-state index contributed by atoms with van der Waals surface area (Å²) in [5.41, 5.74) is 2.78. The minimum Gasteiger partial charge on any atom is -0.478 e. The highest BCUT2D eigenvalue weighted by Gasteiger charge is 2.20. The molecule has 0 spiro atoms. The van der Waals surface area contributed by atoms with Gasteiger partial charge in [-0.25, -0.2) is 4.79 Å². The van der Waals surface area contributed by atoms with Gasteiger partial charge in [0, 0.05) is 0 Å². The third-order valence-corrected chi connectivity index (χ3v) is 2.59. The maximum Gasteiger partial charge on any atom is 0.335 e. The van der Waals surface area contributed by atoms with E-state index in [2.05, 4.69) is 6.08 Å². The number of hydrogen-bond acceptors (Lipinski definition) is 1. The predicted octanol–water partition coefficient (Wildman–Crippen LogP) is 2.44. The van der Waals surface area contributed by atoms with E-state index in [-0.39, 0.29) is 0 Å². The van der Waals surface area contributed by atoms with Gasteiger partial charge in [0.05, 0.1) is 5.57 Å². The largest absolute Gasteiger partial charge is 0.478 e. The summed E-state index contributed by atoms with van der Waals surface area (Å²) in [6.45, 7) is 0. The van der Waals surface area contributed by atoms with Crippen molar-refractivity contribution < 1.29 is 9.90 Å². The van der Waals surface area contributed by atoms with Crippen molar-refractivity contribution >= 4 is 5.97 Å². The number of allylic oxidation sites excluding steroid dienone is 4. The van der Waals surface area contributed by atoms with E-state index in [4.69, 9.17) is 5.11 Å². The van der Waals surface area contributed by atoms with Gasteiger partial charge in [-0.3, -0.25) is 0 Å². The van der Waals surface area contributed by atoms with Gasteiger partial charge < -0.3 is 5.11 Å².